The highest BCUT2D eigenvalue weighted by atomic mass is 19.1. The van der Waals surface area contributed by atoms with E-state index in [1.807, 2.05) is 0 Å². The summed E-state index contributed by atoms with van der Waals surface area (Å²) in [6, 6.07) is 15.8. The van der Waals surface area contributed by atoms with E-state index in [-0.39, 0.29) is 29.1 Å². The topological polar surface area (TPSA) is 78.6 Å². The van der Waals surface area contributed by atoms with Crippen molar-refractivity contribution in [2.24, 2.45) is 0 Å². The summed E-state index contributed by atoms with van der Waals surface area (Å²) in [5.41, 5.74) is 1.19. The molecule has 0 spiro atoms. The number of phenolic OH excluding ortho intramolecular Hbond substituents is 2. The van der Waals surface area contributed by atoms with Crippen LogP contribution in [0.4, 0.5) is 8.78 Å². The van der Waals surface area contributed by atoms with Crippen LogP contribution in [0.15, 0.2) is 72.9 Å². The molecule has 0 fully saturated rings. The maximum absolute atomic E-state index is 14.3. The molecule has 2 N–H and O–H groups in total. The standard InChI is InChI=1S/C24H19F2N3O3/c1-28(14-15-5-4-6-16(25)11-15)24(32)18-12-17(22(30)13-23(18)31)20-9-10-27-29(20)21-8-3-2-7-19(21)26/h2-13,30-31H,14H2,1H3. The Balaban J connectivity index is 1.71. The van der Waals surface area contributed by atoms with Gasteiger partial charge in [-0.3, -0.25) is 4.79 Å². The van der Waals surface area contributed by atoms with Crippen molar-refractivity contribution in [3.63, 3.8) is 0 Å². The summed E-state index contributed by atoms with van der Waals surface area (Å²) in [7, 11) is 1.52. The summed E-state index contributed by atoms with van der Waals surface area (Å²) in [5, 5.41) is 24.9. The molecule has 0 saturated heterocycles. The van der Waals surface area contributed by atoms with E-state index in [1.165, 1.54) is 53.2 Å². The van der Waals surface area contributed by atoms with E-state index in [9.17, 15) is 23.8 Å². The van der Waals surface area contributed by atoms with Gasteiger partial charge in [-0.25, -0.2) is 13.5 Å². The molecule has 3 aromatic carbocycles. The van der Waals surface area contributed by atoms with Crippen molar-refractivity contribution in [2.75, 3.05) is 7.05 Å². The van der Waals surface area contributed by atoms with Crippen molar-refractivity contribution < 1.29 is 23.8 Å². The van der Waals surface area contributed by atoms with Crippen LogP contribution in [0.5, 0.6) is 11.5 Å². The van der Waals surface area contributed by atoms with E-state index in [0.29, 0.717) is 11.3 Å². The fraction of sp³-hybridized carbons (Fsp3) is 0.0833. The first-order chi connectivity index (χ1) is 15.3. The number of aromatic hydroxyl groups is 2. The Kier molecular flexibility index (Phi) is 5.59. The summed E-state index contributed by atoms with van der Waals surface area (Å²) < 4.78 is 29.1. The minimum Gasteiger partial charge on any atom is -0.507 e. The minimum absolute atomic E-state index is 0.0713. The molecular weight excluding hydrogens is 416 g/mol. The zero-order chi connectivity index (χ0) is 22.8. The van der Waals surface area contributed by atoms with Crippen molar-refractivity contribution in [2.45, 2.75) is 6.54 Å². The largest absolute Gasteiger partial charge is 0.507 e. The molecule has 4 aromatic rings. The zero-order valence-electron chi connectivity index (χ0n) is 17.0. The SMILES string of the molecule is CN(Cc1cccc(F)c1)C(=O)c1cc(-c2ccnn2-c2ccccc2F)c(O)cc1O. The van der Waals surface area contributed by atoms with Gasteiger partial charge in [-0.1, -0.05) is 24.3 Å². The predicted octanol–water partition coefficient (Wildman–Crippen LogP) is 4.50. The van der Waals surface area contributed by atoms with Crippen molar-refractivity contribution in [1.29, 1.82) is 0 Å². The molecule has 1 amide bonds. The zero-order valence-corrected chi connectivity index (χ0v) is 17.0. The number of hydrogen-bond acceptors (Lipinski definition) is 4. The van der Waals surface area contributed by atoms with Gasteiger partial charge in [0.15, 0.2) is 0 Å². The molecule has 1 heterocycles. The van der Waals surface area contributed by atoms with Crippen LogP contribution in [0, 0.1) is 11.6 Å². The highest BCUT2D eigenvalue weighted by Crippen LogP contribution is 2.36. The van der Waals surface area contributed by atoms with Gasteiger partial charge in [0.1, 0.15) is 28.8 Å². The van der Waals surface area contributed by atoms with Gasteiger partial charge in [0.2, 0.25) is 0 Å². The molecule has 162 valence electrons. The number of carbonyl (C=O) groups excluding carboxylic acids is 1. The van der Waals surface area contributed by atoms with Crippen LogP contribution >= 0.6 is 0 Å². The third kappa shape index (κ3) is 4.02. The smallest absolute Gasteiger partial charge is 0.257 e. The van der Waals surface area contributed by atoms with Gasteiger partial charge in [0.25, 0.3) is 5.91 Å². The third-order valence-corrected chi connectivity index (χ3v) is 5.00. The number of halogens is 2. The Morgan fingerprint density at radius 1 is 1.00 bits per heavy atom. The van der Waals surface area contributed by atoms with Gasteiger partial charge in [0, 0.05) is 25.2 Å². The van der Waals surface area contributed by atoms with Crippen LogP contribution in [0.3, 0.4) is 0 Å². The van der Waals surface area contributed by atoms with Crippen LogP contribution in [0.1, 0.15) is 15.9 Å². The van der Waals surface area contributed by atoms with Crippen molar-refractivity contribution in [3.8, 4) is 28.4 Å². The summed E-state index contributed by atoms with van der Waals surface area (Å²) in [6.45, 7) is 0.111. The van der Waals surface area contributed by atoms with E-state index in [2.05, 4.69) is 5.10 Å². The lowest BCUT2D eigenvalue weighted by molar-refractivity contribution is 0.0782. The van der Waals surface area contributed by atoms with Crippen LogP contribution < -0.4 is 0 Å². The number of phenols is 2. The molecule has 0 saturated carbocycles. The number of benzene rings is 3. The van der Waals surface area contributed by atoms with Gasteiger partial charge in [-0.15, -0.1) is 0 Å². The highest BCUT2D eigenvalue weighted by Gasteiger charge is 2.22. The van der Waals surface area contributed by atoms with E-state index < -0.39 is 23.3 Å². The van der Waals surface area contributed by atoms with Gasteiger partial charge in [-0.2, -0.15) is 5.10 Å². The molecule has 4 rings (SSSR count). The van der Waals surface area contributed by atoms with E-state index in [4.69, 9.17) is 0 Å². The lowest BCUT2D eigenvalue weighted by atomic mass is 10.0. The van der Waals surface area contributed by atoms with Crippen LogP contribution in [0.2, 0.25) is 0 Å². The fourth-order valence-corrected chi connectivity index (χ4v) is 3.46. The lowest BCUT2D eigenvalue weighted by Gasteiger charge is -2.19. The second kappa shape index (κ2) is 8.50. The molecule has 8 heteroatoms. The summed E-state index contributed by atoms with van der Waals surface area (Å²) >= 11 is 0. The molecule has 0 aliphatic carbocycles. The Labute approximate surface area is 182 Å². The Morgan fingerprint density at radius 2 is 1.78 bits per heavy atom. The first-order valence-electron chi connectivity index (χ1n) is 9.70. The first kappa shape index (κ1) is 21.0. The number of amides is 1. The van der Waals surface area contributed by atoms with Crippen molar-refractivity contribution in [3.05, 3.63) is 95.7 Å². The van der Waals surface area contributed by atoms with Gasteiger partial charge >= 0.3 is 0 Å². The molecule has 0 radical (unpaired) electrons. The molecule has 0 aliphatic rings. The average molecular weight is 435 g/mol. The number of nitrogens with zero attached hydrogens (tertiary/aromatic N) is 3. The van der Waals surface area contributed by atoms with Crippen LogP contribution in [0.25, 0.3) is 16.9 Å². The van der Waals surface area contributed by atoms with Crippen LogP contribution in [-0.2, 0) is 6.54 Å². The van der Waals surface area contributed by atoms with Crippen molar-refractivity contribution >= 4 is 5.91 Å². The van der Waals surface area contributed by atoms with Gasteiger partial charge < -0.3 is 15.1 Å². The Morgan fingerprint density at radius 3 is 2.53 bits per heavy atom. The maximum atomic E-state index is 14.3. The summed E-state index contributed by atoms with van der Waals surface area (Å²) in [4.78, 5) is 14.3. The Hall–Kier alpha value is -4.20. The number of rotatable bonds is 5. The van der Waals surface area contributed by atoms with E-state index in [0.717, 1.165) is 6.07 Å². The quantitative estimate of drug-likeness (QED) is 0.484. The van der Waals surface area contributed by atoms with Crippen molar-refractivity contribution in [1.82, 2.24) is 14.7 Å². The number of aromatic nitrogens is 2. The molecule has 0 unspecified atom stereocenters. The number of hydrogen-bond donors (Lipinski definition) is 2. The molecule has 32 heavy (non-hydrogen) atoms. The van der Waals surface area contributed by atoms with Gasteiger partial charge in [-0.05, 0) is 42.0 Å². The molecule has 0 bridgehead atoms. The monoisotopic (exact) mass is 435 g/mol. The molecule has 0 aliphatic heterocycles. The molecule has 1 aromatic heterocycles. The molecular formula is C24H19F2N3O3. The second-order valence-corrected chi connectivity index (χ2v) is 7.26. The fourth-order valence-electron chi connectivity index (χ4n) is 3.46. The summed E-state index contributed by atoms with van der Waals surface area (Å²) in [5.74, 6) is -2.18. The van der Waals surface area contributed by atoms with Gasteiger partial charge in [0.05, 0.1) is 17.5 Å². The number of para-hydroxylation sites is 1. The number of carbonyl (C=O) groups is 1. The average Bonchev–Trinajstić information content (AvgIpc) is 3.23. The normalized spacial score (nSPS) is 10.8. The Bertz CT molecular complexity index is 1300. The maximum Gasteiger partial charge on any atom is 0.257 e. The molecule has 6 nitrogen and oxygen atoms in total. The van der Waals surface area contributed by atoms with E-state index in [1.54, 1.807) is 30.3 Å². The summed E-state index contributed by atoms with van der Waals surface area (Å²) in [6.07, 6.45) is 1.44. The second-order valence-electron chi connectivity index (χ2n) is 7.26. The first-order valence-corrected chi connectivity index (χ1v) is 9.70. The highest BCUT2D eigenvalue weighted by molar-refractivity contribution is 5.98. The van der Waals surface area contributed by atoms with E-state index >= 15 is 0 Å². The van der Waals surface area contributed by atoms with Crippen LogP contribution in [-0.4, -0.2) is 37.8 Å². The predicted molar refractivity (Wildman–Crippen MR) is 114 cm³/mol. The molecule has 0 atom stereocenters. The minimum atomic E-state index is -0.537. The third-order valence-electron chi connectivity index (χ3n) is 5.00. The lowest BCUT2D eigenvalue weighted by Crippen LogP contribution is -2.26.